The highest BCUT2D eigenvalue weighted by atomic mass is 16.5. The van der Waals surface area contributed by atoms with E-state index in [9.17, 15) is 0 Å². The minimum atomic E-state index is 0.202. The van der Waals surface area contributed by atoms with Gasteiger partial charge in [0, 0.05) is 0 Å². The molecule has 0 N–H and O–H groups in total. The maximum absolute atomic E-state index is 6.09. The molecule has 0 aliphatic carbocycles. The Morgan fingerprint density at radius 2 is 1.00 bits per heavy atom. The van der Waals surface area contributed by atoms with E-state index in [4.69, 9.17) is 4.74 Å². The van der Waals surface area contributed by atoms with Gasteiger partial charge in [0.25, 0.3) is 0 Å². The van der Waals surface area contributed by atoms with E-state index >= 15 is 0 Å². The lowest BCUT2D eigenvalue weighted by atomic mass is 9.81. The monoisotopic (exact) mass is 545 g/mol. The molecule has 0 aromatic rings. The van der Waals surface area contributed by atoms with Gasteiger partial charge in [0.15, 0.2) is 0 Å². The number of rotatable bonds is 29. The second kappa shape index (κ2) is 28.5. The lowest BCUT2D eigenvalue weighted by Crippen LogP contribution is -2.16. The first-order valence-corrected chi connectivity index (χ1v) is 17.5. The molecule has 0 fully saturated rings. The van der Waals surface area contributed by atoms with E-state index in [-0.39, 0.29) is 5.41 Å². The minimum Gasteiger partial charge on any atom is -0.501 e. The van der Waals surface area contributed by atoms with Gasteiger partial charge in [0.05, 0.1) is 12.9 Å². The summed E-state index contributed by atoms with van der Waals surface area (Å²) in [6.45, 7) is 14.7. The molecule has 0 aliphatic heterocycles. The summed E-state index contributed by atoms with van der Waals surface area (Å²) in [4.78, 5) is 0. The molecule has 0 amide bonds. The summed E-state index contributed by atoms with van der Waals surface area (Å²) >= 11 is 0. The largest absolute Gasteiger partial charge is 0.501 e. The van der Waals surface area contributed by atoms with Crippen LogP contribution in [0, 0.1) is 17.3 Å². The van der Waals surface area contributed by atoms with Crippen LogP contribution in [0.15, 0.2) is 36.6 Å². The van der Waals surface area contributed by atoms with Crippen molar-refractivity contribution in [3.63, 3.8) is 0 Å². The molecule has 1 heteroatoms. The summed E-state index contributed by atoms with van der Waals surface area (Å²) in [5.41, 5.74) is 0.202. The van der Waals surface area contributed by atoms with Crippen molar-refractivity contribution >= 4 is 0 Å². The zero-order valence-corrected chi connectivity index (χ0v) is 27.8. The maximum atomic E-state index is 6.09. The van der Waals surface area contributed by atoms with Gasteiger partial charge >= 0.3 is 0 Å². The van der Waals surface area contributed by atoms with Crippen molar-refractivity contribution in [2.45, 2.75) is 183 Å². The summed E-state index contributed by atoms with van der Waals surface area (Å²) in [7, 11) is 0. The highest BCUT2D eigenvalue weighted by Crippen LogP contribution is 2.27. The highest BCUT2D eigenvalue weighted by Gasteiger charge is 2.18. The third kappa shape index (κ3) is 27.0. The Balaban J connectivity index is 4.05. The molecule has 0 rings (SSSR count). The topological polar surface area (TPSA) is 9.23 Å². The normalized spacial score (nSPS) is 13.5. The van der Waals surface area contributed by atoms with Crippen molar-refractivity contribution in [3.05, 3.63) is 36.6 Å². The second-order valence-corrected chi connectivity index (χ2v) is 13.1. The Hall–Kier alpha value is -0.980. The molecule has 39 heavy (non-hydrogen) atoms. The zero-order valence-electron chi connectivity index (χ0n) is 27.8. The molecule has 0 saturated heterocycles. The van der Waals surface area contributed by atoms with Gasteiger partial charge in [-0.1, -0.05) is 162 Å². The van der Waals surface area contributed by atoms with Crippen LogP contribution in [-0.2, 0) is 4.74 Å². The number of unbranched alkanes of at least 4 members (excludes halogenated alkanes) is 16. The zero-order chi connectivity index (χ0) is 28.9. The van der Waals surface area contributed by atoms with Crippen molar-refractivity contribution in [3.8, 4) is 0 Å². The van der Waals surface area contributed by atoms with Gasteiger partial charge in [-0.15, -0.1) is 0 Å². The number of hydrogen-bond acceptors (Lipinski definition) is 1. The summed E-state index contributed by atoms with van der Waals surface area (Å²) in [6, 6.07) is 0. The van der Waals surface area contributed by atoms with Crippen LogP contribution in [0.5, 0.6) is 0 Å². The first kappa shape index (κ1) is 38.0. The predicted molar refractivity (Wildman–Crippen MR) is 178 cm³/mol. The van der Waals surface area contributed by atoms with E-state index in [0.717, 1.165) is 18.9 Å². The summed E-state index contributed by atoms with van der Waals surface area (Å²) in [5.74, 6) is 1.35. The number of hydrogen-bond donors (Lipinski definition) is 0. The average Bonchev–Trinajstić information content (AvgIpc) is 2.91. The Kier molecular flexibility index (Phi) is 27.8. The van der Waals surface area contributed by atoms with Crippen LogP contribution in [0.1, 0.15) is 183 Å². The molecule has 230 valence electrons. The van der Waals surface area contributed by atoms with E-state index in [1.54, 1.807) is 0 Å². The van der Waals surface area contributed by atoms with Crippen molar-refractivity contribution in [1.29, 1.82) is 0 Å². The standard InChI is InChI=1S/C38H72O/c1-7-9-11-13-15-17-18-19-20-21-22-23-24-26-28-30-32-37(31-29-27-25-16-14-12-10-8-2)35-39-34-33-38(5,6)36(3)4/h15,17,19-20,33-34,36-37H,7-14,16,18,21-32,35H2,1-6H3/b17-15-,20-19-,34-33+. The molecule has 0 aromatic heterocycles. The molecule has 0 spiro atoms. The predicted octanol–water partition coefficient (Wildman–Crippen LogP) is 13.5. The molecule has 0 bridgehead atoms. The summed E-state index contributed by atoms with van der Waals surface area (Å²) < 4.78 is 6.09. The molecule has 0 radical (unpaired) electrons. The summed E-state index contributed by atoms with van der Waals surface area (Å²) in [5, 5.41) is 0. The molecule has 1 unspecified atom stereocenters. The van der Waals surface area contributed by atoms with Crippen molar-refractivity contribution in [2.24, 2.45) is 17.3 Å². The van der Waals surface area contributed by atoms with E-state index in [1.165, 1.54) is 135 Å². The fraction of sp³-hybridized carbons (Fsp3) is 0.842. The van der Waals surface area contributed by atoms with Crippen molar-refractivity contribution in [2.75, 3.05) is 6.61 Å². The van der Waals surface area contributed by atoms with Crippen LogP contribution in [0.2, 0.25) is 0 Å². The van der Waals surface area contributed by atoms with E-state index in [0.29, 0.717) is 5.92 Å². The SMILES string of the molecule is CCCCC/C=C\C/C=C\CCCCCCCCC(CCCCCCCCCC)CO/C=C/C(C)(C)C(C)C. The Morgan fingerprint density at radius 3 is 1.51 bits per heavy atom. The second-order valence-electron chi connectivity index (χ2n) is 13.1. The Bertz CT molecular complexity index is 567. The van der Waals surface area contributed by atoms with Crippen molar-refractivity contribution in [1.82, 2.24) is 0 Å². The molecule has 0 aliphatic rings. The van der Waals surface area contributed by atoms with Crippen LogP contribution in [0.4, 0.5) is 0 Å². The lowest BCUT2D eigenvalue weighted by molar-refractivity contribution is 0.172. The Labute approximate surface area is 247 Å². The van der Waals surface area contributed by atoms with Gasteiger partial charge in [-0.2, -0.15) is 0 Å². The van der Waals surface area contributed by atoms with Gasteiger partial charge in [-0.25, -0.2) is 0 Å². The van der Waals surface area contributed by atoms with Gasteiger partial charge < -0.3 is 4.74 Å². The lowest BCUT2D eigenvalue weighted by Gasteiger charge is -2.25. The highest BCUT2D eigenvalue weighted by molar-refractivity contribution is 4.93. The van der Waals surface area contributed by atoms with E-state index in [1.807, 2.05) is 6.26 Å². The van der Waals surface area contributed by atoms with Crippen LogP contribution >= 0.6 is 0 Å². The Morgan fingerprint density at radius 1 is 0.564 bits per heavy atom. The van der Waals surface area contributed by atoms with E-state index < -0.39 is 0 Å². The molecular formula is C38H72O. The van der Waals surface area contributed by atoms with Crippen LogP contribution in [-0.4, -0.2) is 6.61 Å². The molecule has 1 atom stereocenters. The van der Waals surface area contributed by atoms with Gasteiger partial charge in [-0.05, 0) is 68.3 Å². The van der Waals surface area contributed by atoms with Crippen molar-refractivity contribution < 1.29 is 4.74 Å². The number of allylic oxidation sites excluding steroid dienone is 5. The smallest absolute Gasteiger partial charge is 0.0901 e. The molecule has 0 heterocycles. The van der Waals surface area contributed by atoms with Crippen LogP contribution in [0.3, 0.4) is 0 Å². The summed E-state index contributed by atoms with van der Waals surface area (Å²) in [6.07, 6.45) is 43.6. The van der Waals surface area contributed by atoms with Gasteiger partial charge in [0.1, 0.15) is 0 Å². The first-order chi connectivity index (χ1) is 18.9. The number of ether oxygens (including phenoxy) is 1. The average molecular weight is 545 g/mol. The van der Waals surface area contributed by atoms with Crippen LogP contribution in [0.25, 0.3) is 0 Å². The third-order valence-electron chi connectivity index (χ3n) is 8.69. The third-order valence-corrected chi connectivity index (χ3v) is 8.69. The quantitative estimate of drug-likeness (QED) is 0.0517. The van der Waals surface area contributed by atoms with Gasteiger partial charge in [0.2, 0.25) is 0 Å². The minimum absolute atomic E-state index is 0.202. The fourth-order valence-electron chi connectivity index (χ4n) is 4.91. The molecule has 0 aromatic carbocycles. The molecular weight excluding hydrogens is 472 g/mol. The van der Waals surface area contributed by atoms with Gasteiger partial charge in [-0.3, -0.25) is 0 Å². The molecule has 0 saturated carbocycles. The van der Waals surface area contributed by atoms with E-state index in [2.05, 4.69) is 71.9 Å². The first-order valence-electron chi connectivity index (χ1n) is 17.5. The van der Waals surface area contributed by atoms with Crippen LogP contribution < -0.4 is 0 Å². The molecule has 1 nitrogen and oxygen atoms in total. The fourth-order valence-corrected chi connectivity index (χ4v) is 4.91. The maximum Gasteiger partial charge on any atom is 0.0901 e.